The lowest BCUT2D eigenvalue weighted by molar-refractivity contribution is -0.154. The van der Waals surface area contributed by atoms with Crippen LogP contribution in [0, 0.1) is 0 Å². The number of hydrogen-bond acceptors (Lipinski definition) is 7. The van der Waals surface area contributed by atoms with Gasteiger partial charge in [-0.15, -0.1) is 0 Å². The molecule has 2 amide bonds. The molecule has 1 saturated heterocycles. The molecule has 162 valence electrons. The summed E-state index contributed by atoms with van der Waals surface area (Å²) in [6.07, 6.45) is -3.96. The van der Waals surface area contributed by atoms with Crippen molar-refractivity contribution < 1.29 is 41.5 Å². The maximum Gasteiger partial charge on any atom is 0.422 e. The Bertz CT molecular complexity index is 918. The highest BCUT2D eigenvalue weighted by atomic mass is 32.2. The minimum Gasteiger partial charge on any atom is -0.484 e. The molecule has 0 bridgehead atoms. The van der Waals surface area contributed by atoms with E-state index in [9.17, 15) is 36.7 Å². The number of hydrogen-bond donors (Lipinski definition) is 2. The fourth-order valence-corrected chi connectivity index (χ4v) is 3.83. The van der Waals surface area contributed by atoms with E-state index in [1.54, 1.807) is 0 Å². The van der Waals surface area contributed by atoms with Gasteiger partial charge in [-0.2, -0.15) is 13.2 Å². The van der Waals surface area contributed by atoms with E-state index in [-0.39, 0.29) is 30.2 Å². The first kappa shape index (κ1) is 22.0. The van der Waals surface area contributed by atoms with Gasteiger partial charge in [-0.1, -0.05) is 0 Å². The Morgan fingerprint density at radius 2 is 1.90 bits per heavy atom. The van der Waals surface area contributed by atoms with Crippen LogP contribution in [-0.2, 0) is 20.1 Å². The average Bonchev–Trinajstić information content (AvgIpc) is 2.63. The van der Waals surface area contributed by atoms with E-state index in [0.717, 1.165) is 12.3 Å². The van der Waals surface area contributed by atoms with Crippen LogP contribution in [0.5, 0.6) is 5.75 Å². The average molecular weight is 449 g/mol. The van der Waals surface area contributed by atoms with Gasteiger partial charge in [0.15, 0.2) is 12.1 Å². The molecule has 0 atom stereocenters. The number of ether oxygens (including phenoxy) is 1. The molecule has 1 saturated carbocycles. The second-order valence-corrected chi connectivity index (χ2v) is 7.91. The van der Waals surface area contributed by atoms with Crippen LogP contribution in [0.2, 0.25) is 0 Å². The fourth-order valence-electron chi connectivity index (χ4n) is 3.04. The molecule has 1 aliphatic carbocycles. The summed E-state index contributed by atoms with van der Waals surface area (Å²) >= 11 is 0.280. The van der Waals surface area contributed by atoms with E-state index < -0.39 is 63.9 Å². The van der Waals surface area contributed by atoms with Crippen molar-refractivity contribution in [3.8, 4) is 5.75 Å². The lowest BCUT2D eigenvalue weighted by Gasteiger charge is -2.36. The third kappa shape index (κ3) is 4.11. The molecule has 1 aromatic heterocycles. The number of nitrogens with two attached hydrogens (primary N) is 1. The molecule has 13 heteroatoms. The second kappa shape index (κ2) is 7.52. The number of nitrogens with one attached hydrogen (secondary N) is 1. The van der Waals surface area contributed by atoms with E-state index in [1.165, 1.54) is 0 Å². The van der Waals surface area contributed by atoms with Gasteiger partial charge in [0, 0.05) is 17.8 Å². The lowest BCUT2D eigenvalue weighted by Crippen LogP contribution is -2.66. The molecule has 1 aromatic rings. The number of rotatable bonds is 7. The zero-order valence-corrected chi connectivity index (χ0v) is 16.0. The Kier molecular flexibility index (Phi) is 5.52. The van der Waals surface area contributed by atoms with Crippen molar-refractivity contribution in [1.82, 2.24) is 10.3 Å². The van der Waals surface area contributed by atoms with Crippen LogP contribution < -0.4 is 15.8 Å². The summed E-state index contributed by atoms with van der Waals surface area (Å²) in [5.74, 6) is -2.69. The molecule has 2 aliphatic rings. The number of amides is 2. The van der Waals surface area contributed by atoms with Crippen molar-refractivity contribution in [2.45, 2.75) is 43.1 Å². The van der Waals surface area contributed by atoms with Gasteiger partial charge < -0.3 is 15.8 Å². The highest BCUT2D eigenvalue weighted by Gasteiger charge is 2.58. The maximum atomic E-state index is 14.8. The maximum absolute atomic E-state index is 14.8. The topological polar surface area (TPSA) is 128 Å². The zero-order chi connectivity index (χ0) is 22.3. The Morgan fingerprint density at radius 1 is 1.27 bits per heavy atom. The summed E-state index contributed by atoms with van der Waals surface area (Å²) in [6.45, 7) is -1.72. The minimum absolute atomic E-state index is 0.0601. The second-order valence-electron chi connectivity index (χ2n) is 6.97. The molecule has 30 heavy (non-hydrogen) atoms. The first-order valence-electron chi connectivity index (χ1n) is 8.63. The SMILES string of the molecule is NC(=O)CC1(NC(=O)c2cc(OCC(F)(F)F)c(C3(F)CCC3)cn2)C(=O)SC1=O. The van der Waals surface area contributed by atoms with E-state index in [1.807, 2.05) is 0 Å². The Balaban J connectivity index is 1.89. The predicted octanol–water partition coefficient (Wildman–Crippen LogP) is 1.52. The van der Waals surface area contributed by atoms with Crippen molar-refractivity contribution in [3.05, 3.63) is 23.5 Å². The first-order chi connectivity index (χ1) is 13.9. The summed E-state index contributed by atoms with van der Waals surface area (Å²) < 4.78 is 57.2. The number of thioether (sulfide) groups is 1. The van der Waals surface area contributed by atoms with Gasteiger partial charge in [-0.3, -0.25) is 24.2 Å². The number of alkyl halides is 4. The van der Waals surface area contributed by atoms with Crippen LogP contribution in [0.25, 0.3) is 0 Å². The first-order valence-corrected chi connectivity index (χ1v) is 9.44. The molecule has 0 radical (unpaired) electrons. The number of primary amides is 1. The van der Waals surface area contributed by atoms with Crippen molar-refractivity contribution in [3.63, 3.8) is 0 Å². The molecule has 3 N–H and O–H groups in total. The van der Waals surface area contributed by atoms with E-state index >= 15 is 0 Å². The van der Waals surface area contributed by atoms with Crippen LogP contribution in [0.4, 0.5) is 17.6 Å². The third-order valence-electron chi connectivity index (χ3n) is 4.77. The quantitative estimate of drug-likeness (QED) is 0.477. The van der Waals surface area contributed by atoms with Crippen LogP contribution in [-0.4, -0.2) is 45.4 Å². The molecule has 8 nitrogen and oxygen atoms in total. The predicted molar refractivity (Wildman–Crippen MR) is 94.0 cm³/mol. The molecular weight excluding hydrogens is 434 g/mol. The molecule has 0 spiro atoms. The highest BCUT2D eigenvalue weighted by Crippen LogP contribution is 2.48. The summed E-state index contributed by atoms with van der Waals surface area (Å²) in [6, 6.07) is 0.800. The Hall–Kier alpha value is -2.70. The third-order valence-corrected chi connectivity index (χ3v) is 5.84. The van der Waals surface area contributed by atoms with Crippen molar-refractivity contribution in [2.24, 2.45) is 5.73 Å². The number of aromatic nitrogens is 1. The number of halogens is 4. The summed E-state index contributed by atoms with van der Waals surface area (Å²) in [5.41, 5.74) is 0.182. The summed E-state index contributed by atoms with van der Waals surface area (Å²) in [5, 5.41) is 0.434. The molecule has 2 heterocycles. The van der Waals surface area contributed by atoms with Crippen molar-refractivity contribution in [2.75, 3.05) is 6.61 Å². The number of nitrogens with zero attached hydrogens (tertiary/aromatic N) is 1. The normalized spacial score (nSPS) is 19.5. The Morgan fingerprint density at radius 3 is 2.37 bits per heavy atom. The molecule has 0 aromatic carbocycles. The molecular formula is C17H15F4N3O5S. The van der Waals surface area contributed by atoms with Crippen molar-refractivity contribution in [1.29, 1.82) is 0 Å². The smallest absolute Gasteiger partial charge is 0.422 e. The van der Waals surface area contributed by atoms with Crippen LogP contribution in [0.3, 0.4) is 0 Å². The lowest BCUT2D eigenvalue weighted by atomic mass is 9.77. The minimum atomic E-state index is -4.71. The van der Waals surface area contributed by atoms with Gasteiger partial charge >= 0.3 is 6.18 Å². The van der Waals surface area contributed by atoms with Gasteiger partial charge in [0.2, 0.25) is 16.1 Å². The standard InChI is InChI=1S/C17H15F4N3O5S/c18-15(2-1-3-15)8-6-23-9(4-10(8)29-7-17(19,20)21)12(26)24-16(5-11(22)25)13(27)30-14(16)28/h4,6H,1-3,5,7H2,(H2,22,25)(H,24,26). The van der Waals surface area contributed by atoms with Gasteiger partial charge in [0.1, 0.15) is 17.1 Å². The van der Waals surface area contributed by atoms with Gasteiger partial charge in [0.05, 0.1) is 6.42 Å². The van der Waals surface area contributed by atoms with Crippen LogP contribution >= 0.6 is 11.8 Å². The molecule has 1 aliphatic heterocycles. The number of pyridine rings is 1. The van der Waals surface area contributed by atoms with E-state index in [0.29, 0.717) is 6.42 Å². The summed E-state index contributed by atoms with van der Waals surface area (Å²) in [7, 11) is 0. The summed E-state index contributed by atoms with van der Waals surface area (Å²) in [4.78, 5) is 51.2. The van der Waals surface area contributed by atoms with Crippen LogP contribution in [0.1, 0.15) is 41.7 Å². The van der Waals surface area contributed by atoms with Crippen molar-refractivity contribution >= 4 is 33.8 Å². The molecule has 0 unspecified atom stereocenters. The van der Waals surface area contributed by atoms with Crippen LogP contribution in [0.15, 0.2) is 12.3 Å². The molecule has 3 rings (SSSR count). The monoisotopic (exact) mass is 449 g/mol. The van der Waals surface area contributed by atoms with Gasteiger partial charge in [0.25, 0.3) is 5.91 Å². The van der Waals surface area contributed by atoms with E-state index in [2.05, 4.69) is 10.3 Å². The number of carbonyl (C=O) groups is 4. The fraction of sp³-hybridized carbons (Fsp3) is 0.471. The Labute approximate surface area is 170 Å². The number of carbonyl (C=O) groups excluding carboxylic acids is 4. The zero-order valence-electron chi connectivity index (χ0n) is 15.2. The highest BCUT2D eigenvalue weighted by molar-refractivity contribution is 8.30. The van der Waals surface area contributed by atoms with E-state index in [4.69, 9.17) is 10.5 Å². The molecule has 2 fully saturated rings. The van der Waals surface area contributed by atoms with Gasteiger partial charge in [-0.25, -0.2) is 4.39 Å². The van der Waals surface area contributed by atoms with Gasteiger partial charge in [-0.05, 0) is 31.0 Å². The largest absolute Gasteiger partial charge is 0.484 e.